The number of nitrogens with zero attached hydrogens (tertiary/aromatic N) is 1. The Morgan fingerprint density at radius 1 is 0.842 bits per heavy atom. The minimum atomic E-state index is -3.78. The largest absolute Gasteiger partial charge is 0.546 e. The molecule has 206 valence electrons. The van der Waals surface area contributed by atoms with Gasteiger partial charge in [-0.2, -0.15) is 0 Å². The van der Waals surface area contributed by atoms with E-state index in [-0.39, 0.29) is 5.92 Å². The summed E-state index contributed by atoms with van der Waals surface area (Å²) in [6, 6.07) is 15.2. The lowest BCUT2D eigenvalue weighted by molar-refractivity contribution is 0.350. The van der Waals surface area contributed by atoms with Crippen LogP contribution in [0.5, 0.6) is 0 Å². The summed E-state index contributed by atoms with van der Waals surface area (Å²) in [5.41, 5.74) is 5.26. The zero-order valence-electron chi connectivity index (χ0n) is 24.6. The average molecular weight is 552 g/mol. The minimum Gasteiger partial charge on any atom is -0.546 e. The van der Waals surface area contributed by atoms with Gasteiger partial charge in [0.15, 0.2) is 0 Å². The lowest BCUT2D eigenvalue weighted by Gasteiger charge is -2.43. The van der Waals surface area contributed by atoms with E-state index in [2.05, 4.69) is 67.5 Å². The molecule has 0 N–H and O–H groups in total. The van der Waals surface area contributed by atoms with Crippen molar-refractivity contribution in [2.75, 3.05) is 0 Å². The highest BCUT2D eigenvalue weighted by molar-refractivity contribution is 7.90. The third-order valence-electron chi connectivity index (χ3n) is 8.57. The molecule has 0 spiro atoms. The van der Waals surface area contributed by atoms with Gasteiger partial charge in [-0.3, -0.25) is 0 Å². The van der Waals surface area contributed by atoms with Gasteiger partial charge in [0.2, 0.25) is 0 Å². The van der Waals surface area contributed by atoms with E-state index in [1.165, 1.54) is 0 Å². The number of rotatable bonds is 8. The fraction of sp³-hybridized carbons (Fsp3) is 0.500. The van der Waals surface area contributed by atoms with E-state index in [1.54, 1.807) is 16.1 Å². The van der Waals surface area contributed by atoms with Crippen LogP contribution in [0.4, 0.5) is 0 Å². The molecule has 2 aromatic carbocycles. The van der Waals surface area contributed by atoms with E-state index < -0.39 is 18.3 Å². The van der Waals surface area contributed by atoms with Crippen LogP contribution in [0.3, 0.4) is 0 Å². The molecule has 3 aromatic rings. The molecule has 1 heterocycles. The molecule has 1 aliphatic rings. The fourth-order valence-corrected chi connectivity index (χ4v) is 13.7. The molecular formula is C32H45NO3SSi. The van der Waals surface area contributed by atoms with E-state index in [9.17, 15) is 8.42 Å². The van der Waals surface area contributed by atoms with E-state index in [4.69, 9.17) is 4.43 Å². The number of aryl methyl sites for hydroxylation is 1. The molecule has 0 radical (unpaired) electrons. The van der Waals surface area contributed by atoms with Gasteiger partial charge < -0.3 is 4.43 Å². The monoisotopic (exact) mass is 551 g/mol. The Morgan fingerprint density at radius 2 is 1.42 bits per heavy atom. The molecule has 1 aliphatic carbocycles. The fourth-order valence-electron chi connectivity index (χ4n) is 6.79. The second-order valence-corrected chi connectivity index (χ2v) is 19.4. The number of hydrogen-bond donors (Lipinski definition) is 0. The van der Waals surface area contributed by atoms with Crippen LogP contribution in [-0.4, -0.2) is 20.7 Å². The highest BCUT2D eigenvalue weighted by Gasteiger charge is 2.47. The quantitative estimate of drug-likeness (QED) is 0.263. The second kappa shape index (κ2) is 10.7. The van der Waals surface area contributed by atoms with Gasteiger partial charge in [0.05, 0.1) is 16.2 Å². The summed E-state index contributed by atoms with van der Waals surface area (Å²) < 4.78 is 37.2. The van der Waals surface area contributed by atoms with Crippen LogP contribution >= 0.6 is 0 Å². The first-order valence-electron chi connectivity index (χ1n) is 14.2. The van der Waals surface area contributed by atoms with Crippen LogP contribution in [0.25, 0.3) is 10.9 Å². The highest BCUT2D eigenvalue weighted by atomic mass is 32.2. The Bertz CT molecular complexity index is 1410. The maximum absolute atomic E-state index is 14.2. The molecule has 4 rings (SSSR count). The topological polar surface area (TPSA) is 48.3 Å². The van der Waals surface area contributed by atoms with Crippen molar-refractivity contribution in [2.45, 2.75) is 103 Å². The summed E-state index contributed by atoms with van der Waals surface area (Å²) in [6.07, 6.45) is 3.67. The third-order valence-corrected chi connectivity index (χ3v) is 16.4. The molecule has 38 heavy (non-hydrogen) atoms. The first-order chi connectivity index (χ1) is 17.8. The maximum Gasteiger partial charge on any atom is 0.268 e. The molecule has 1 unspecified atom stereocenters. The minimum absolute atomic E-state index is 0.0695. The number of benzene rings is 2. The SMILES string of the molecule is Cc1ccc(S(=O)(=O)n2c3c(c4ccccc42)C(C(C)C)C=C(O[Si](C(C)C)(C(C)C)C(C)C)CC3)cc1. The first kappa shape index (κ1) is 28.7. The van der Waals surface area contributed by atoms with Gasteiger partial charge in [0, 0.05) is 23.4 Å². The number of para-hydroxylation sites is 1. The van der Waals surface area contributed by atoms with Crippen LogP contribution in [-0.2, 0) is 20.9 Å². The van der Waals surface area contributed by atoms with Crippen molar-refractivity contribution >= 4 is 29.2 Å². The number of aromatic nitrogens is 1. The molecule has 4 nitrogen and oxygen atoms in total. The second-order valence-electron chi connectivity index (χ2n) is 12.3. The summed E-state index contributed by atoms with van der Waals surface area (Å²) in [7, 11) is -5.92. The summed E-state index contributed by atoms with van der Waals surface area (Å²) >= 11 is 0. The van der Waals surface area contributed by atoms with Gasteiger partial charge >= 0.3 is 0 Å². The molecule has 0 fully saturated rings. The van der Waals surface area contributed by atoms with Crippen LogP contribution in [0.2, 0.25) is 16.6 Å². The molecule has 1 aromatic heterocycles. The third kappa shape index (κ3) is 4.79. The lowest BCUT2D eigenvalue weighted by atomic mass is 9.87. The van der Waals surface area contributed by atoms with Crippen LogP contribution in [0.15, 0.2) is 65.3 Å². The van der Waals surface area contributed by atoms with Gasteiger partial charge in [-0.05, 0) is 65.7 Å². The summed E-state index contributed by atoms with van der Waals surface area (Å²) in [6.45, 7) is 20.3. The first-order valence-corrected chi connectivity index (χ1v) is 17.7. The molecule has 0 saturated heterocycles. The van der Waals surface area contributed by atoms with Gasteiger partial charge in [-0.25, -0.2) is 12.4 Å². The van der Waals surface area contributed by atoms with Crippen molar-refractivity contribution in [3.63, 3.8) is 0 Å². The summed E-state index contributed by atoms with van der Waals surface area (Å²) in [5.74, 6) is 1.41. The van der Waals surface area contributed by atoms with Crippen LogP contribution < -0.4 is 0 Å². The maximum atomic E-state index is 14.2. The van der Waals surface area contributed by atoms with Gasteiger partial charge in [0.25, 0.3) is 18.3 Å². The molecule has 0 aliphatic heterocycles. The van der Waals surface area contributed by atoms with Crippen molar-refractivity contribution in [3.05, 3.63) is 77.2 Å². The smallest absolute Gasteiger partial charge is 0.268 e. The van der Waals surface area contributed by atoms with Gasteiger partial charge in [-0.15, -0.1) is 0 Å². The summed E-state index contributed by atoms with van der Waals surface area (Å²) in [5, 5.41) is 1.02. The predicted octanol–water partition coefficient (Wildman–Crippen LogP) is 8.95. The summed E-state index contributed by atoms with van der Waals surface area (Å²) in [4.78, 5) is 0.326. The van der Waals surface area contributed by atoms with Gasteiger partial charge in [0.1, 0.15) is 0 Å². The normalized spacial score (nSPS) is 16.9. The molecule has 6 heteroatoms. The molecule has 0 bridgehead atoms. The van der Waals surface area contributed by atoms with Crippen molar-refractivity contribution in [3.8, 4) is 0 Å². The van der Waals surface area contributed by atoms with Crippen molar-refractivity contribution < 1.29 is 12.8 Å². The Hall–Kier alpha value is -2.31. The van der Waals surface area contributed by atoms with E-state index in [1.807, 2.05) is 37.3 Å². The molecule has 1 atom stereocenters. The Labute approximate surface area is 231 Å². The van der Waals surface area contributed by atoms with Crippen molar-refractivity contribution in [2.24, 2.45) is 5.92 Å². The Morgan fingerprint density at radius 3 is 1.97 bits per heavy atom. The lowest BCUT2D eigenvalue weighted by Crippen LogP contribution is -2.47. The molecular weight excluding hydrogens is 507 g/mol. The van der Waals surface area contributed by atoms with Crippen LogP contribution in [0.1, 0.15) is 84.5 Å². The Balaban J connectivity index is 1.92. The van der Waals surface area contributed by atoms with E-state index in [0.717, 1.165) is 33.5 Å². The average Bonchev–Trinajstić information content (AvgIpc) is 3.06. The van der Waals surface area contributed by atoms with Gasteiger partial charge in [-0.1, -0.05) is 91.3 Å². The van der Waals surface area contributed by atoms with Crippen molar-refractivity contribution in [1.82, 2.24) is 3.97 Å². The zero-order chi connectivity index (χ0) is 28.0. The van der Waals surface area contributed by atoms with Crippen LogP contribution in [0, 0.1) is 12.8 Å². The predicted molar refractivity (Wildman–Crippen MR) is 162 cm³/mol. The number of fused-ring (bicyclic) bond motifs is 3. The number of hydrogen-bond acceptors (Lipinski definition) is 3. The van der Waals surface area contributed by atoms with E-state index >= 15 is 0 Å². The zero-order valence-corrected chi connectivity index (χ0v) is 26.4. The Kier molecular flexibility index (Phi) is 8.07. The molecule has 0 saturated carbocycles. The van der Waals surface area contributed by atoms with E-state index in [0.29, 0.717) is 40.3 Å². The van der Waals surface area contributed by atoms with Crippen molar-refractivity contribution in [1.29, 1.82) is 0 Å². The number of allylic oxidation sites excluding steroid dienone is 2. The highest BCUT2D eigenvalue weighted by Crippen LogP contribution is 2.47. The molecule has 0 amide bonds. The standard InChI is InChI=1S/C32H45NO3SSi/c1-21(2)29-20-26(36-38(22(3)4,23(5)6)24(7)8)16-19-31-32(29)28-12-10-11-13-30(28)33(31)37(34,35)27-17-14-25(9)15-18-27/h10-15,17-18,20-24,29H,16,19H2,1-9H3.